The van der Waals surface area contributed by atoms with Crippen molar-refractivity contribution in [2.75, 3.05) is 26.7 Å². The van der Waals surface area contributed by atoms with Gasteiger partial charge in [0.25, 0.3) is 0 Å². The molecule has 1 unspecified atom stereocenters. The molecule has 29 heavy (non-hydrogen) atoms. The summed E-state index contributed by atoms with van der Waals surface area (Å²) < 4.78 is 37.6. The van der Waals surface area contributed by atoms with Crippen molar-refractivity contribution in [2.45, 2.75) is 38.4 Å². The lowest BCUT2D eigenvalue weighted by Crippen LogP contribution is -2.34. The van der Waals surface area contributed by atoms with Crippen LogP contribution in [-0.2, 0) is 0 Å². The summed E-state index contributed by atoms with van der Waals surface area (Å²) in [5.41, 5.74) is 5.42. The highest BCUT2D eigenvalue weighted by Crippen LogP contribution is 2.44. The van der Waals surface area contributed by atoms with Crippen molar-refractivity contribution in [1.29, 1.82) is 0 Å². The fourth-order valence-corrected chi connectivity index (χ4v) is 3.82. The summed E-state index contributed by atoms with van der Waals surface area (Å²) in [6.45, 7) is 1.96. The zero-order chi connectivity index (χ0) is 21.2. The number of allylic oxidation sites excluding steroid dienone is 4. The molecule has 2 heterocycles. The molecule has 158 valence electrons. The van der Waals surface area contributed by atoms with Crippen LogP contribution in [0.25, 0.3) is 0 Å². The van der Waals surface area contributed by atoms with Crippen molar-refractivity contribution in [3.05, 3.63) is 45.4 Å². The van der Waals surface area contributed by atoms with Crippen LogP contribution in [-0.4, -0.2) is 61.0 Å². The summed E-state index contributed by atoms with van der Waals surface area (Å²) >= 11 is 5.94. The summed E-state index contributed by atoms with van der Waals surface area (Å²) in [5, 5.41) is 12.3. The van der Waals surface area contributed by atoms with Crippen LogP contribution in [0.4, 0.5) is 13.2 Å². The Bertz CT molecular complexity index is 846. The maximum Gasteiger partial charge on any atom is 0.407 e. The predicted molar refractivity (Wildman–Crippen MR) is 109 cm³/mol. The molecule has 9 heteroatoms. The number of dihydropyridines is 1. The maximum absolute atomic E-state index is 12.5. The highest BCUT2D eigenvalue weighted by atomic mass is 35.5. The van der Waals surface area contributed by atoms with Gasteiger partial charge in [0, 0.05) is 37.6 Å². The van der Waals surface area contributed by atoms with E-state index in [4.69, 9.17) is 16.7 Å². The van der Waals surface area contributed by atoms with Crippen molar-refractivity contribution in [3.8, 4) is 0 Å². The highest BCUT2D eigenvalue weighted by molar-refractivity contribution is 6.31. The van der Waals surface area contributed by atoms with Crippen LogP contribution in [0.1, 0.15) is 26.2 Å². The lowest BCUT2D eigenvalue weighted by Gasteiger charge is -2.30. The molecule has 0 aromatic carbocycles. The summed E-state index contributed by atoms with van der Waals surface area (Å²) in [6.07, 6.45) is 1.89. The number of aliphatic imine (C=N–C) groups is 2. The van der Waals surface area contributed by atoms with Gasteiger partial charge in [0.15, 0.2) is 0 Å². The third kappa shape index (κ3) is 5.04. The average Bonchev–Trinajstić information content (AvgIpc) is 3.44. The number of rotatable bonds is 5. The van der Waals surface area contributed by atoms with E-state index in [2.05, 4.69) is 20.2 Å². The van der Waals surface area contributed by atoms with Gasteiger partial charge in [-0.05, 0) is 49.0 Å². The van der Waals surface area contributed by atoms with Crippen molar-refractivity contribution < 1.29 is 18.3 Å². The molecule has 3 rings (SSSR count). The highest BCUT2D eigenvalue weighted by Gasteiger charge is 2.38. The quantitative estimate of drug-likeness (QED) is 0.391. The van der Waals surface area contributed by atoms with E-state index in [1.165, 1.54) is 29.1 Å². The molecule has 0 radical (unpaired) electrons. The van der Waals surface area contributed by atoms with Crippen LogP contribution in [0.15, 0.2) is 55.3 Å². The molecule has 0 aromatic rings. The van der Waals surface area contributed by atoms with Crippen LogP contribution >= 0.6 is 11.6 Å². The van der Waals surface area contributed by atoms with Crippen molar-refractivity contribution in [1.82, 2.24) is 10.2 Å². The van der Waals surface area contributed by atoms with Crippen molar-refractivity contribution in [3.63, 3.8) is 0 Å². The second-order valence-electron chi connectivity index (χ2n) is 7.19. The van der Waals surface area contributed by atoms with E-state index in [-0.39, 0.29) is 11.1 Å². The number of hydrogen-bond donors (Lipinski definition) is 2. The van der Waals surface area contributed by atoms with Gasteiger partial charge in [0.2, 0.25) is 0 Å². The van der Waals surface area contributed by atoms with Gasteiger partial charge in [-0.3, -0.25) is 9.98 Å². The van der Waals surface area contributed by atoms with Crippen molar-refractivity contribution >= 4 is 23.7 Å². The molecule has 0 amide bonds. The molecule has 3 aliphatic rings. The number of nitrogens with zero attached hydrogens (tertiary/aromatic N) is 3. The van der Waals surface area contributed by atoms with E-state index >= 15 is 0 Å². The third-order valence-corrected chi connectivity index (χ3v) is 5.35. The van der Waals surface area contributed by atoms with Gasteiger partial charge >= 0.3 is 6.18 Å². The number of likely N-dealkylation sites (N-methyl/N-ethyl adjacent to an activating group) is 1. The van der Waals surface area contributed by atoms with E-state index in [0.29, 0.717) is 24.9 Å². The Morgan fingerprint density at radius 1 is 1.34 bits per heavy atom. The van der Waals surface area contributed by atoms with Crippen LogP contribution in [0.5, 0.6) is 0 Å². The van der Waals surface area contributed by atoms with Gasteiger partial charge in [-0.2, -0.15) is 13.2 Å². The first kappa shape index (κ1) is 21.5. The number of alkyl halides is 3. The number of halogens is 4. The largest absolute Gasteiger partial charge is 0.514 e. The first-order valence-electron chi connectivity index (χ1n) is 9.46. The van der Waals surface area contributed by atoms with E-state index in [0.717, 1.165) is 30.7 Å². The van der Waals surface area contributed by atoms with Crippen LogP contribution in [0.3, 0.4) is 0 Å². The van der Waals surface area contributed by atoms with Gasteiger partial charge in [0.05, 0.1) is 17.3 Å². The predicted octanol–water partition coefficient (Wildman–Crippen LogP) is 4.25. The van der Waals surface area contributed by atoms with E-state index in [1.807, 2.05) is 14.0 Å². The molecule has 0 spiro atoms. The lowest BCUT2D eigenvalue weighted by molar-refractivity contribution is -0.118. The first-order chi connectivity index (χ1) is 13.7. The summed E-state index contributed by atoms with van der Waals surface area (Å²) in [5.74, 6) is 0.865. The normalized spacial score (nSPS) is 21.7. The molecule has 0 aromatic heterocycles. The molecular weight excluding hydrogens is 405 g/mol. The Morgan fingerprint density at radius 3 is 2.66 bits per heavy atom. The molecule has 1 aliphatic carbocycles. The molecule has 0 bridgehead atoms. The SMILES string of the molecule is CNC1=NCCC2=C1CN(C(C)C(/C=N\CC(F)(F)F)=C/C(Cl)=C/O)C2=C1CC1. The number of hydrogen-bond acceptors (Lipinski definition) is 5. The summed E-state index contributed by atoms with van der Waals surface area (Å²) in [4.78, 5) is 10.3. The summed E-state index contributed by atoms with van der Waals surface area (Å²) in [6, 6.07) is -0.285. The number of nitrogens with one attached hydrogen (secondary N) is 1. The zero-order valence-corrected chi connectivity index (χ0v) is 17.1. The minimum absolute atomic E-state index is 0.0281. The second kappa shape index (κ2) is 8.65. The van der Waals surface area contributed by atoms with E-state index < -0.39 is 12.7 Å². The molecule has 2 aliphatic heterocycles. The van der Waals surface area contributed by atoms with Gasteiger partial charge in [0.1, 0.15) is 12.4 Å². The smallest absolute Gasteiger partial charge is 0.407 e. The Morgan fingerprint density at radius 2 is 2.07 bits per heavy atom. The third-order valence-electron chi connectivity index (χ3n) is 5.14. The van der Waals surface area contributed by atoms with E-state index in [1.54, 1.807) is 0 Å². The number of aliphatic hydroxyl groups excluding tert-OH is 1. The minimum atomic E-state index is -4.38. The molecule has 1 atom stereocenters. The second-order valence-corrected chi connectivity index (χ2v) is 7.62. The van der Waals surface area contributed by atoms with Crippen LogP contribution in [0.2, 0.25) is 0 Å². The number of amidine groups is 1. The lowest BCUT2D eigenvalue weighted by atomic mass is 10.0. The monoisotopic (exact) mass is 428 g/mol. The Hall–Kier alpha value is -2.22. The first-order valence-corrected chi connectivity index (χ1v) is 9.84. The zero-order valence-electron chi connectivity index (χ0n) is 16.4. The van der Waals surface area contributed by atoms with Crippen molar-refractivity contribution in [2.24, 2.45) is 9.98 Å². The Kier molecular flexibility index (Phi) is 6.41. The molecule has 5 nitrogen and oxygen atoms in total. The molecular formula is C20H24ClF3N4O. The minimum Gasteiger partial charge on any atom is -0.514 e. The fraction of sp³-hybridized carbons (Fsp3) is 0.500. The molecule has 0 saturated heterocycles. The Labute approximate surface area is 173 Å². The van der Waals surface area contributed by atoms with E-state index in [9.17, 15) is 13.2 Å². The van der Waals surface area contributed by atoms with Gasteiger partial charge in [-0.25, -0.2) is 0 Å². The maximum atomic E-state index is 12.5. The average molecular weight is 429 g/mol. The van der Waals surface area contributed by atoms with Gasteiger partial charge < -0.3 is 15.3 Å². The van der Waals surface area contributed by atoms with Crippen LogP contribution in [0, 0.1) is 0 Å². The standard InChI is InChI=1S/C20H24ClF3N4O/c1-12(14(7-15(21)10-29)8-26-11-20(22,23)24)28-9-17-16(18(28)13-3-4-13)5-6-27-19(17)25-2/h7-8,10,12,29H,3-6,9,11H2,1-2H3,(H,25,27)/b14-7+,15-10-,26-8-. The Balaban J connectivity index is 1.92. The summed E-state index contributed by atoms with van der Waals surface area (Å²) in [7, 11) is 1.84. The number of aliphatic hydroxyl groups is 1. The molecule has 1 fully saturated rings. The fourth-order valence-electron chi connectivity index (χ4n) is 3.70. The van der Waals surface area contributed by atoms with Crippen LogP contribution < -0.4 is 5.32 Å². The van der Waals surface area contributed by atoms with Gasteiger partial charge in [-0.15, -0.1) is 0 Å². The topological polar surface area (TPSA) is 60.2 Å². The molecule has 2 N–H and O–H groups in total. The van der Waals surface area contributed by atoms with Gasteiger partial charge in [-0.1, -0.05) is 11.6 Å². The molecule has 1 saturated carbocycles.